The van der Waals surface area contributed by atoms with Crippen LogP contribution in [0.4, 0.5) is 0 Å². The molecule has 1 fully saturated rings. The molecule has 1 aromatic rings. The van der Waals surface area contributed by atoms with Crippen LogP contribution in [-0.2, 0) is 5.60 Å². The number of allylic oxidation sites excluding steroid dienone is 1. The summed E-state index contributed by atoms with van der Waals surface area (Å²) in [6, 6.07) is 7.92. The van der Waals surface area contributed by atoms with E-state index in [1.54, 1.807) is 0 Å². The quantitative estimate of drug-likeness (QED) is 0.885. The van der Waals surface area contributed by atoms with E-state index in [4.69, 9.17) is 0 Å². The molecule has 0 spiro atoms. The van der Waals surface area contributed by atoms with Gasteiger partial charge in [0.1, 0.15) is 5.60 Å². The largest absolute Gasteiger partial charge is 0.381 e. The van der Waals surface area contributed by atoms with Gasteiger partial charge in [-0.15, -0.1) is 0 Å². The van der Waals surface area contributed by atoms with Crippen molar-refractivity contribution >= 4 is 15.9 Å². The lowest BCUT2D eigenvalue weighted by molar-refractivity contribution is 0.0895. The first-order valence-corrected chi connectivity index (χ1v) is 8.09. The zero-order valence-corrected chi connectivity index (χ0v) is 13.1. The van der Waals surface area contributed by atoms with Gasteiger partial charge in [-0.25, -0.2) is 0 Å². The Balaban J connectivity index is 1.75. The highest BCUT2D eigenvalue weighted by molar-refractivity contribution is 9.10. The van der Waals surface area contributed by atoms with E-state index in [1.165, 1.54) is 25.0 Å². The second-order valence-electron chi connectivity index (χ2n) is 5.65. The maximum absolute atomic E-state index is 10.8. The van der Waals surface area contributed by atoms with E-state index in [9.17, 15) is 5.11 Å². The van der Waals surface area contributed by atoms with Crippen molar-refractivity contribution in [1.82, 2.24) is 4.90 Å². The van der Waals surface area contributed by atoms with Crippen molar-refractivity contribution in [2.75, 3.05) is 13.1 Å². The van der Waals surface area contributed by atoms with Crippen LogP contribution in [-0.4, -0.2) is 23.1 Å². The number of nitrogens with zero attached hydrogens (tertiary/aromatic N) is 1. The van der Waals surface area contributed by atoms with Crippen LogP contribution in [0.25, 0.3) is 0 Å². The number of likely N-dealkylation sites (tertiary alicyclic amines) is 1. The predicted molar refractivity (Wildman–Crippen MR) is 85.3 cm³/mol. The summed E-state index contributed by atoms with van der Waals surface area (Å²) < 4.78 is 1.04. The molecule has 1 saturated heterocycles. The fourth-order valence-electron chi connectivity index (χ4n) is 2.96. The Morgan fingerprint density at radius 1 is 1.05 bits per heavy atom. The Labute approximate surface area is 128 Å². The first kappa shape index (κ1) is 13.9. The van der Waals surface area contributed by atoms with Gasteiger partial charge >= 0.3 is 0 Å². The summed E-state index contributed by atoms with van der Waals surface area (Å²) in [6.07, 6.45) is 10.8. The molecule has 0 bridgehead atoms. The molecule has 0 radical (unpaired) electrons. The zero-order valence-electron chi connectivity index (χ0n) is 11.6. The lowest BCUT2D eigenvalue weighted by atomic mass is 9.86. The number of halogens is 1. The van der Waals surface area contributed by atoms with Crippen molar-refractivity contribution in [3.05, 3.63) is 58.2 Å². The molecule has 1 heterocycles. The molecule has 1 unspecified atom stereocenters. The highest BCUT2D eigenvalue weighted by Crippen LogP contribution is 2.33. The zero-order chi connectivity index (χ0) is 14.0. The van der Waals surface area contributed by atoms with Gasteiger partial charge < -0.3 is 10.0 Å². The van der Waals surface area contributed by atoms with Gasteiger partial charge in [-0.05, 0) is 49.1 Å². The Kier molecular flexibility index (Phi) is 3.99. The molecule has 1 aromatic carbocycles. The molecule has 3 heteroatoms. The standard InChI is InChI=1S/C17H20BrNO/c18-15-6-4-14(5-7-15)17(20)10-8-16(9-11-17)19-12-2-1-3-13-19/h4-10,20H,1-3,11-13H2. The minimum atomic E-state index is -0.861. The number of aliphatic hydroxyl groups is 1. The molecular weight excluding hydrogens is 314 g/mol. The lowest BCUT2D eigenvalue weighted by Gasteiger charge is -2.34. The van der Waals surface area contributed by atoms with E-state index in [1.807, 2.05) is 30.3 Å². The lowest BCUT2D eigenvalue weighted by Crippen LogP contribution is -2.31. The molecule has 1 N–H and O–H groups in total. The van der Waals surface area contributed by atoms with Crippen LogP contribution in [0.5, 0.6) is 0 Å². The predicted octanol–water partition coefficient (Wildman–Crippen LogP) is 3.97. The first-order valence-electron chi connectivity index (χ1n) is 7.30. The van der Waals surface area contributed by atoms with E-state index < -0.39 is 5.60 Å². The highest BCUT2D eigenvalue weighted by Gasteiger charge is 2.28. The molecule has 2 aliphatic rings. The van der Waals surface area contributed by atoms with Gasteiger partial charge in [-0.2, -0.15) is 0 Å². The third-order valence-electron chi connectivity index (χ3n) is 4.22. The fourth-order valence-corrected chi connectivity index (χ4v) is 3.22. The Morgan fingerprint density at radius 3 is 2.35 bits per heavy atom. The van der Waals surface area contributed by atoms with Gasteiger partial charge in [0.05, 0.1) is 0 Å². The van der Waals surface area contributed by atoms with E-state index >= 15 is 0 Å². The maximum atomic E-state index is 10.8. The smallest absolute Gasteiger partial charge is 0.112 e. The second kappa shape index (κ2) is 5.74. The number of benzene rings is 1. The van der Waals surface area contributed by atoms with E-state index in [-0.39, 0.29) is 0 Å². The van der Waals surface area contributed by atoms with E-state index in [2.05, 4.69) is 33.0 Å². The molecular formula is C17H20BrNO. The van der Waals surface area contributed by atoms with Crippen molar-refractivity contribution < 1.29 is 5.11 Å². The Bertz CT molecular complexity index is 528. The van der Waals surface area contributed by atoms with Crippen molar-refractivity contribution in [3.8, 4) is 0 Å². The molecule has 20 heavy (non-hydrogen) atoms. The van der Waals surface area contributed by atoms with Crippen LogP contribution in [0.3, 0.4) is 0 Å². The maximum Gasteiger partial charge on any atom is 0.112 e. The molecule has 0 saturated carbocycles. The van der Waals surface area contributed by atoms with Crippen LogP contribution in [0, 0.1) is 0 Å². The average molecular weight is 334 g/mol. The summed E-state index contributed by atoms with van der Waals surface area (Å²) in [5, 5.41) is 10.8. The normalized spacial score (nSPS) is 26.5. The van der Waals surface area contributed by atoms with Crippen LogP contribution in [0.15, 0.2) is 52.7 Å². The number of piperidine rings is 1. The van der Waals surface area contributed by atoms with Crippen molar-refractivity contribution in [1.29, 1.82) is 0 Å². The topological polar surface area (TPSA) is 23.5 Å². The van der Waals surface area contributed by atoms with Gasteiger partial charge in [0, 0.05) is 29.7 Å². The summed E-state index contributed by atoms with van der Waals surface area (Å²) in [7, 11) is 0. The van der Waals surface area contributed by atoms with Crippen LogP contribution < -0.4 is 0 Å². The molecule has 0 amide bonds. The number of rotatable bonds is 2. The van der Waals surface area contributed by atoms with Crippen molar-refractivity contribution in [3.63, 3.8) is 0 Å². The first-order chi connectivity index (χ1) is 9.67. The van der Waals surface area contributed by atoms with Crippen LogP contribution >= 0.6 is 15.9 Å². The number of hydrogen-bond acceptors (Lipinski definition) is 2. The molecule has 0 aromatic heterocycles. The summed E-state index contributed by atoms with van der Waals surface area (Å²) in [4.78, 5) is 2.43. The Morgan fingerprint density at radius 2 is 1.75 bits per heavy atom. The summed E-state index contributed by atoms with van der Waals surface area (Å²) in [5.74, 6) is 0. The van der Waals surface area contributed by atoms with Gasteiger partial charge in [0.2, 0.25) is 0 Å². The molecule has 1 atom stereocenters. The monoisotopic (exact) mass is 333 g/mol. The summed E-state index contributed by atoms with van der Waals surface area (Å²) >= 11 is 3.43. The molecule has 1 aliphatic carbocycles. The fraction of sp³-hybridized carbons (Fsp3) is 0.412. The third kappa shape index (κ3) is 2.84. The highest BCUT2D eigenvalue weighted by atomic mass is 79.9. The van der Waals surface area contributed by atoms with Gasteiger partial charge in [0.15, 0.2) is 0 Å². The number of hydrogen-bond donors (Lipinski definition) is 1. The van der Waals surface area contributed by atoms with E-state index in [0.29, 0.717) is 6.42 Å². The van der Waals surface area contributed by atoms with Crippen molar-refractivity contribution in [2.45, 2.75) is 31.3 Å². The van der Waals surface area contributed by atoms with Crippen molar-refractivity contribution in [2.24, 2.45) is 0 Å². The average Bonchev–Trinajstić information content (AvgIpc) is 2.49. The van der Waals surface area contributed by atoms with Gasteiger partial charge in [-0.1, -0.05) is 34.1 Å². The SMILES string of the molecule is OC1(c2ccc(Br)cc2)C=CC(N2CCCCC2)=CC1. The van der Waals surface area contributed by atoms with Crippen LogP contribution in [0.2, 0.25) is 0 Å². The molecule has 2 nitrogen and oxygen atoms in total. The summed E-state index contributed by atoms with van der Waals surface area (Å²) in [6.45, 7) is 2.29. The Hall–Kier alpha value is -1.06. The molecule has 106 valence electrons. The van der Waals surface area contributed by atoms with Gasteiger partial charge in [-0.3, -0.25) is 0 Å². The van der Waals surface area contributed by atoms with Crippen LogP contribution in [0.1, 0.15) is 31.2 Å². The van der Waals surface area contributed by atoms with Gasteiger partial charge in [0.25, 0.3) is 0 Å². The van der Waals surface area contributed by atoms with E-state index in [0.717, 1.165) is 23.1 Å². The minimum absolute atomic E-state index is 0.650. The molecule has 1 aliphatic heterocycles. The second-order valence-corrected chi connectivity index (χ2v) is 6.56. The third-order valence-corrected chi connectivity index (χ3v) is 4.75. The minimum Gasteiger partial charge on any atom is -0.381 e. The molecule has 3 rings (SSSR count). The summed E-state index contributed by atoms with van der Waals surface area (Å²) in [5.41, 5.74) is 1.36.